The number of hydrogen-bond donors (Lipinski definition) is 1. The van der Waals surface area contributed by atoms with Crippen molar-refractivity contribution in [3.8, 4) is 17.1 Å². The monoisotopic (exact) mass is 489 g/mol. The van der Waals surface area contributed by atoms with Crippen molar-refractivity contribution in [2.75, 3.05) is 11.1 Å². The van der Waals surface area contributed by atoms with E-state index in [9.17, 15) is 18.0 Å². The van der Waals surface area contributed by atoms with Crippen molar-refractivity contribution in [1.82, 2.24) is 19.7 Å². The Kier molecular flexibility index (Phi) is 6.66. The Hall–Kier alpha value is -3.37. The van der Waals surface area contributed by atoms with Crippen molar-refractivity contribution in [1.29, 1.82) is 0 Å². The Balaban J connectivity index is 1.55. The molecule has 11 heteroatoms. The zero-order valence-corrected chi connectivity index (χ0v) is 18.3. The molecule has 0 unspecified atom stereocenters. The third-order valence-electron chi connectivity index (χ3n) is 4.46. The average Bonchev–Trinajstić information content (AvgIpc) is 3.22. The maximum Gasteiger partial charge on any atom is 0.416 e. The minimum atomic E-state index is -4.49. The number of aromatic nitrogens is 4. The molecule has 168 valence electrons. The number of thioether (sulfide) groups is 1. The van der Waals surface area contributed by atoms with Crippen molar-refractivity contribution < 1.29 is 18.0 Å². The van der Waals surface area contributed by atoms with Gasteiger partial charge in [-0.2, -0.15) is 13.2 Å². The van der Waals surface area contributed by atoms with E-state index >= 15 is 0 Å². The highest BCUT2D eigenvalue weighted by atomic mass is 35.5. The second-order valence-corrected chi connectivity index (χ2v) is 8.15. The van der Waals surface area contributed by atoms with Gasteiger partial charge in [-0.15, -0.1) is 10.2 Å². The summed E-state index contributed by atoms with van der Waals surface area (Å²) in [6.45, 7) is 0. The van der Waals surface area contributed by atoms with Crippen molar-refractivity contribution in [3.05, 3.63) is 83.6 Å². The molecule has 1 N–H and O–H groups in total. The molecule has 0 aliphatic heterocycles. The Bertz CT molecular complexity index is 1260. The van der Waals surface area contributed by atoms with Crippen LogP contribution in [-0.4, -0.2) is 31.4 Å². The number of amides is 1. The summed E-state index contributed by atoms with van der Waals surface area (Å²) in [5.74, 6) is -0.0193. The quantitative estimate of drug-likeness (QED) is 0.350. The van der Waals surface area contributed by atoms with Gasteiger partial charge in [0.25, 0.3) is 0 Å². The van der Waals surface area contributed by atoms with Crippen LogP contribution in [0.3, 0.4) is 0 Å². The fraction of sp³-hybridized carbons (Fsp3) is 0.0909. The summed E-state index contributed by atoms with van der Waals surface area (Å²) >= 11 is 7.12. The van der Waals surface area contributed by atoms with Gasteiger partial charge in [0, 0.05) is 34.4 Å². The van der Waals surface area contributed by atoms with E-state index in [0.717, 1.165) is 35.1 Å². The molecule has 0 fully saturated rings. The fourth-order valence-corrected chi connectivity index (χ4v) is 3.85. The molecule has 1 amide bonds. The number of nitrogens with one attached hydrogen (secondary N) is 1. The highest BCUT2D eigenvalue weighted by Crippen LogP contribution is 2.31. The highest BCUT2D eigenvalue weighted by molar-refractivity contribution is 7.99. The van der Waals surface area contributed by atoms with Crippen LogP contribution in [0.5, 0.6) is 0 Å². The molecule has 4 aromatic rings. The van der Waals surface area contributed by atoms with Crippen LogP contribution in [0.1, 0.15) is 5.56 Å². The maximum absolute atomic E-state index is 12.9. The second-order valence-electron chi connectivity index (χ2n) is 6.77. The molecule has 4 rings (SSSR count). The number of nitrogens with zero attached hydrogens (tertiary/aromatic N) is 4. The van der Waals surface area contributed by atoms with Gasteiger partial charge < -0.3 is 5.32 Å². The Labute approximate surface area is 195 Å². The largest absolute Gasteiger partial charge is 0.416 e. The molecule has 33 heavy (non-hydrogen) atoms. The predicted octanol–water partition coefficient (Wildman–Crippen LogP) is 5.73. The van der Waals surface area contributed by atoms with Gasteiger partial charge in [0.05, 0.1) is 11.3 Å². The van der Waals surface area contributed by atoms with Crippen LogP contribution in [-0.2, 0) is 11.0 Å². The van der Waals surface area contributed by atoms with E-state index in [1.165, 1.54) is 12.1 Å². The van der Waals surface area contributed by atoms with Gasteiger partial charge in [0.1, 0.15) is 0 Å². The molecule has 0 saturated heterocycles. The molecule has 2 aromatic carbocycles. The smallest absolute Gasteiger partial charge is 0.325 e. The van der Waals surface area contributed by atoms with Gasteiger partial charge in [-0.25, -0.2) is 0 Å². The van der Waals surface area contributed by atoms with Gasteiger partial charge >= 0.3 is 6.18 Å². The van der Waals surface area contributed by atoms with Crippen LogP contribution in [0.25, 0.3) is 17.1 Å². The van der Waals surface area contributed by atoms with Crippen LogP contribution >= 0.6 is 23.4 Å². The number of alkyl halides is 3. The number of pyridine rings is 1. The third kappa shape index (κ3) is 5.52. The molecule has 2 heterocycles. The molecular formula is C22H15ClF3N5OS. The number of carbonyl (C=O) groups is 1. The van der Waals surface area contributed by atoms with Crippen LogP contribution in [0.4, 0.5) is 18.9 Å². The van der Waals surface area contributed by atoms with Gasteiger partial charge in [0.15, 0.2) is 11.0 Å². The van der Waals surface area contributed by atoms with Crippen LogP contribution in [0.15, 0.2) is 78.2 Å². The lowest BCUT2D eigenvalue weighted by atomic mass is 10.2. The number of anilines is 1. The van der Waals surface area contributed by atoms with Crippen molar-refractivity contribution in [2.24, 2.45) is 0 Å². The Morgan fingerprint density at radius 2 is 1.76 bits per heavy atom. The molecule has 0 atom stereocenters. The predicted molar refractivity (Wildman–Crippen MR) is 120 cm³/mol. The summed E-state index contributed by atoms with van der Waals surface area (Å²) in [6, 6.07) is 15.1. The van der Waals surface area contributed by atoms with Crippen LogP contribution in [0, 0.1) is 0 Å². The number of carbonyl (C=O) groups excluding carboxylic acids is 1. The zero-order valence-electron chi connectivity index (χ0n) is 16.8. The number of rotatable bonds is 6. The summed E-state index contributed by atoms with van der Waals surface area (Å²) < 4.78 is 40.5. The lowest BCUT2D eigenvalue weighted by molar-refractivity contribution is -0.137. The molecule has 0 saturated carbocycles. The average molecular weight is 490 g/mol. The van der Waals surface area contributed by atoms with E-state index in [0.29, 0.717) is 16.0 Å². The molecule has 6 nitrogen and oxygen atoms in total. The molecule has 0 bridgehead atoms. The van der Waals surface area contributed by atoms with Crippen LogP contribution in [0.2, 0.25) is 5.02 Å². The topological polar surface area (TPSA) is 72.7 Å². The third-order valence-corrected chi connectivity index (χ3v) is 5.64. The van der Waals surface area contributed by atoms with E-state index in [1.54, 1.807) is 53.4 Å². The van der Waals surface area contributed by atoms with Gasteiger partial charge in [-0.3, -0.25) is 14.3 Å². The standard InChI is InChI=1S/C22H15ClF3N5OS/c23-16-4-6-18(7-5-16)31-20(14-8-10-27-11-9-14)29-30-21(31)33-13-19(32)28-17-3-1-2-15(12-17)22(24,25)26/h1-12H,13H2,(H,28,32). The first kappa shape index (κ1) is 22.8. The minimum absolute atomic E-state index is 0.0621. The summed E-state index contributed by atoms with van der Waals surface area (Å²) in [6.07, 6.45) is -1.23. The minimum Gasteiger partial charge on any atom is -0.325 e. The SMILES string of the molecule is O=C(CSc1nnc(-c2ccncc2)n1-c1ccc(Cl)cc1)Nc1cccc(C(F)(F)F)c1. The lowest BCUT2D eigenvalue weighted by Gasteiger charge is -2.11. The normalized spacial score (nSPS) is 11.4. The van der Waals surface area contributed by atoms with Crippen LogP contribution < -0.4 is 5.32 Å². The summed E-state index contributed by atoms with van der Waals surface area (Å²) in [4.78, 5) is 16.4. The summed E-state index contributed by atoms with van der Waals surface area (Å²) in [7, 11) is 0. The highest BCUT2D eigenvalue weighted by Gasteiger charge is 2.30. The Morgan fingerprint density at radius 1 is 1.03 bits per heavy atom. The van der Waals surface area contributed by atoms with Crippen molar-refractivity contribution in [3.63, 3.8) is 0 Å². The van der Waals surface area contributed by atoms with E-state index in [1.807, 2.05) is 0 Å². The zero-order chi connectivity index (χ0) is 23.4. The van der Waals surface area contributed by atoms with E-state index < -0.39 is 17.6 Å². The molecule has 0 aliphatic carbocycles. The Morgan fingerprint density at radius 3 is 2.45 bits per heavy atom. The van der Waals surface area contributed by atoms with Gasteiger partial charge in [-0.1, -0.05) is 29.4 Å². The summed E-state index contributed by atoms with van der Waals surface area (Å²) in [5, 5.41) is 12.0. The molecule has 0 spiro atoms. The van der Waals surface area contributed by atoms with Gasteiger partial charge in [0.2, 0.25) is 5.91 Å². The van der Waals surface area contributed by atoms with Gasteiger partial charge in [-0.05, 0) is 54.6 Å². The molecule has 2 aromatic heterocycles. The summed E-state index contributed by atoms with van der Waals surface area (Å²) in [5.41, 5.74) is 0.731. The number of halogens is 4. The van der Waals surface area contributed by atoms with Crippen molar-refractivity contribution >= 4 is 35.0 Å². The first-order valence-electron chi connectivity index (χ1n) is 9.53. The number of benzene rings is 2. The first-order chi connectivity index (χ1) is 15.8. The first-order valence-corrected chi connectivity index (χ1v) is 10.9. The number of hydrogen-bond acceptors (Lipinski definition) is 5. The maximum atomic E-state index is 12.9. The second kappa shape index (κ2) is 9.63. The fourth-order valence-electron chi connectivity index (χ4n) is 2.97. The van der Waals surface area contributed by atoms with E-state index in [4.69, 9.17) is 11.6 Å². The van der Waals surface area contributed by atoms with E-state index in [-0.39, 0.29) is 11.4 Å². The van der Waals surface area contributed by atoms with Crippen molar-refractivity contribution in [2.45, 2.75) is 11.3 Å². The molecule has 0 aliphatic rings. The molecule has 0 radical (unpaired) electrons. The lowest BCUT2D eigenvalue weighted by Crippen LogP contribution is -2.15. The molecular weight excluding hydrogens is 475 g/mol. The van der Waals surface area contributed by atoms with E-state index in [2.05, 4.69) is 20.5 Å².